The van der Waals surface area contributed by atoms with Crippen LogP contribution in [0, 0.1) is 34.9 Å². The van der Waals surface area contributed by atoms with Crippen LogP contribution in [0.1, 0.15) is 44.6 Å². The predicted octanol–water partition coefficient (Wildman–Crippen LogP) is 3.77. The summed E-state index contributed by atoms with van der Waals surface area (Å²) in [5, 5.41) is 0. The van der Waals surface area contributed by atoms with Crippen molar-refractivity contribution in [1.82, 2.24) is 4.90 Å². The number of rotatable bonds is 4. The van der Waals surface area contributed by atoms with Crippen molar-refractivity contribution < 1.29 is 13.9 Å². The fourth-order valence-corrected chi connectivity index (χ4v) is 8.28. The lowest BCUT2D eigenvalue weighted by Crippen LogP contribution is -2.40. The van der Waals surface area contributed by atoms with Crippen molar-refractivity contribution in [3.63, 3.8) is 0 Å². The Balaban J connectivity index is 1.38. The topological polar surface area (TPSA) is 29.3 Å². The zero-order valence-corrected chi connectivity index (χ0v) is 15.3. The molecular weight excluding hydrogens is 329 g/mol. The molecule has 0 radical (unpaired) electrons. The van der Waals surface area contributed by atoms with Crippen molar-refractivity contribution in [2.24, 2.45) is 29.1 Å². The zero-order valence-electron chi connectivity index (χ0n) is 15.3. The molecule has 4 aliphatic carbocycles. The van der Waals surface area contributed by atoms with Crippen LogP contribution in [-0.2, 0) is 16.1 Å². The Morgan fingerprint density at radius 1 is 1.19 bits per heavy atom. The normalized spacial score (nSPS) is 49.2. The molecule has 5 aliphatic rings. The van der Waals surface area contributed by atoms with E-state index in [1.54, 1.807) is 12.1 Å². The fraction of sp³-hybridized carbons (Fsp3) is 0.682. The molecule has 6 rings (SSSR count). The standard InChI is InChI=1S/C22H26FNO2/c1-2-26-20(25)18-17-8-14-7-15-10-21(17,9-14)22(11-15)19(18)24(22)12-13-3-5-16(23)6-4-13/h3-6,14-15,17-19H,2,7-12H2,1H3/t14?,15?,17?,18-,19-,21?,22?,24?/m1/s1. The fourth-order valence-electron chi connectivity index (χ4n) is 8.28. The largest absolute Gasteiger partial charge is 0.466 e. The maximum absolute atomic E-state index is 13.3. The number of hydrogen-bond acceptors (Lipinski definition) is 3. The average Bonchev–Trinajstić information content (AvgIpc) is 2.87. The predicted molar refractivity (Wildman–Crippen MR) is 94.6 cm³/mol. The Morgan fingerprint density at radius 3 is 2.73 bits per heavy atom. The second-order valence-electron chi connectivity index (χ2n) is 9.48. The smallest absolute Gasteiger partial charge is 0.310 e. The number of fused-ring (bicyclic) bond motifs is 2. The number of ether oxygens (including phenoxy) is 1. The van der Waals surface area contributed by atoms with Gasteiger partial charge in [0.05, 0.1) is 12.5 Å². The van der Waals surface area contributed by atoms with E-state index >= 15 is 0 Å². The van der Waals surface area contributed by atoms with Crippen molar-refractivity contribution in [3.8, 4) is 0 Å². The molecule has 1 heterocycles. The molecule has 0 N–H and O–H groups in total. The van der Waals surface area contributed by atoms with Crippen LogP contribution in [0.25, 0.3) is 0 Å². The van der Waals surface area contributed by atoms with Crippen molar-refractivity contribution in [3.05, 3.63) is 35.6 Å². The average molecular weight is 355 g/mol. The molecule has 1 aromatic carbocycles. The van der Waals surface area contributed by atoms with E-state index in [0.717, 1.165) is 23.9 Å². The van der Waals surface area contributed by atoms with Crippen LogP contribution in [0.15, 0.2) is 24.3 Å². The highest BCUT2D eigenvalue weighted by Gasteiger charge is 2.88. The number of hydrogen-bond donors (Lipinski definition) is 0. The number of piperidine rings is 1. The number of esters is 1. The summed E-state index contributed by atoms with van der Waals surface area (Å²) < 4.78 is 18.8. The minimum Gasteiger partial charge on any atom is -0.466 e. The van der Waals surface area contributed by atoms with E-state index in [2.05, 4.69) is 4.90 Å². The van der Waals surface area contributed by atoms with Crippen molar-refractivity contribution in [2.45, 2.75) is 57.2 Å². The zero-order chi connectivity index (χ0) is 17.7. The Kier molecular flexibility index (Phi) is 2.94. The molecule has 0 aromatic heterocycles. The lowest BCUT2D eigenvalue weighted by atomic mass is 9.70. The minimum atomic E-state index is -0.184. The van der Waals surface area contributed by atoms with Crippen LogP contribution < -0.4 is 0 Å². The van der Waals surface area contributed by atoms with E-state index in [9.17, 15) is 9.18 Å². The van der Waals surface area contributed by atoms with Crippen LogP contribution in [0.5, 0.6) is 0 Å². The molecule has 138 valence electrons. The van der Waals surface area contributed by atoms with Crippen LogP contribution in [0.3, 0.4) is 0 Å². The minimum absolute atomic E-state index is 0.0383. The van der Waals surface area contributed by atoms with E-state index < -0.39 is 0 Å². The molecule has 0 amide bonds. The Bertz CT molecular complexity index is 775. The van der Waals surface area contributed by atoms with Gasteiger partial charge < -0.3 is 4.74 Å². The third kappa shape index (κ3) is 1.66. The summed E-state index contributed by atoms with van der Waals surface area (Å²) in [6, 6.07) is 7.24. The third-order valence-electron chi connectivity index (χ3n) is 8.60. The summed E-state index contributed by atoms with van der Waals surface area (Å²) >= 11 is 0. The van der Waals surface area contributed by atoms with Crippen molar-refractivity contribution >= 4 is 5.97 Å². The summed E-state index contributed by atoms with van der Waals surface area (Å²) in [6.45, 7) is 3.22. The Hall–Kier alpha value is -1.42. The molecule has 6 unspecified atom stereocenters. The first-order chi connectivity index (χ1) is 12.6. The molecule has 3 bridgehead atoms. The first-order valence-corrected chi connectivity index (χ1v) is 10.3. The van der Waals surface area contributed by atoms with Gasteiger partial charge in [-0.2, -0.15) is 0 Å². The van der Waals surface area contributed by atoms with Crippen molar-refractivity contribution in [2.75, 3.05) is 6.61 Å². The van der Waals surface area contributed by atoms with Gasteiger partial charge in [-0.25, -0.2) is 4.39 Å². The summed E-state index contributed by atoms with van der Waals surface area (Å²) in [6.07, 6.45) is 6.51. The van der Waals surface area contributed by atoms with Crippen LogP contribution in [0.2, 0.25) is 0 Å². The highest BCUT2D eigenvalue weighted by Crippen LogP contribution is 2.83. The van der Waals surface area contributed by atoms with Gasteiger partial charge in [0.15, 0.2) is 0 Å². The van der Waals surface area contributed by atoms with E-state index in [1.807, 2.05) is 19.1 Å². The molecule has 8 atom stereocenters. The maximum atomic E-state index is 13.3. The molecule has 3 nitrogen and oxygen atoms in total. The summed E-state index contributed by atoms with van der Waals surface area (Å²) in [5.74, 6) is 2.12. The van der Waals surface area contributed by atoms with Gasteiger partial charge in [0.1, 0.15) is 5.82 Å². The molecule has 4 heteroatoms. The van der Waals surface area contributed by atoms with Gasteiger partial charge >= 0.3 is 5.97 Å². The van der Waals surface area contributed by atoms with Gasteiger partial charge in [0.2, 0.25) is 0 Å². The van der Waals surface area contributed by atoms with Crippen LogP contribution >= 0.6 is 0 Å². The second kappa shape index (κ2) is 4.89. The summed E-state index contributed by atoms with van der Waals surface area (Å²) in [5.41, 5.74) is 1.73. The molecule has 5 fully saturated rings. The number of carbonyl (C=O) groups is 1. The number of likely N-dealkylation sites (tertiary alicyclic amines) is 1. The first-order valence-electron chi connectivity index (χ1n) is 10.3. The molecule has 1 aromatic rings. The molecule has 4 saturated carbocycles. The van der Waals surface area contributed by atoms with Gasteiger partial charge in [0, 0.05) is 18.1 Å². The van der Waals surface area contributed by atoms with Crippen LogP contribution in [0.4, 0.5) is 4.39 Å². The molecule has 1 aliphatic heterocycles. The van der Waals surface area contributed by atoms with E-state index in [0.29, 0.717) is 24.0 Å². The van der Waals surface area contributed by atoms with E-state index in [4.69, 9.17) is 4.74 Å². The first kappa shape index (κ1) is 15.6. The molecule has 26 heavy (non-hydrogen) atoms. The third-order valence-corrected chi connectivity index (χ3v) is 8.60. The Labute approximate surface area is 153 Å². The van der Waals surface area contributed by atoms with Gasteiger partial charge in [0.25, 0.3) is 0 Å². The van der Waals surface area contributed by atoms with Crippen molar-refractivity contribution in [1.29, 1.82) is 0 Å². The highest BCUT2D eigenvalue weighted by atomic mass is 19.1. The molecular formula is C22H26FNO2. The number of nitrogens with zero attached hydrogens (tertiary/aromatic N) is 1. The second-order valence-corrected chi connectivity index (χ2v) is 9.48. The molecule has 2 spiro atoms. The Morgan fingerprint density at radius 2 is 1.96 bits per heavy atom. The monoisotopic (exact) mass is 355 g/mol. The summed E-state index contributed by atoms with van der Waals surface area (Å²) in [7, 11) is 0. The van der Waals surface area contributed by atoms with E-state index in [1.165, 1.54) is 32.1 Å². The molecule has 1 saturated heterocycles. The maximum Gasteiger partial charge on any atom is 0.310 e. The number of carbonyl (C=O) groups excluding carboxylic acids is 1. The number of halogens is 1. The number of benzene rings is 1. The SMILES string of the molecule is CCOC(=O)[C@@H]1C2CC3CC4CC2(C3)C2(C4)[C@@H]1N2Cc1ccc(F)cc1. The van der Waals surface area contributed by atoms with E-state index in [-0.39, 0.29) is 23.2 Å². The highest BCUT2D eigenvalue weighted by molar-refractivity contribution is 5.77. The van der Waals surface area contributed by atoms with Gasteiger partial charge in [-0.3, -0.25) is 9.69 Å². The van der Waals surface area contributed by atoms with Gasteiger partial charge in [-0.05, 0) is 79.9 Å². The quantitative estimate of drug-likeness (QED) is 0.608. The lowest BCUT2D eigenvalue weighted by Gasteiger charge is -2.38. The van der Waals surface area contributed by atoms with Gasteiger partial charge in [-0.1, -0.05) is 12.1 Å². The van der Waals surface area contributed by atoms with Crippen LogP contribution in [-0.4, -0.2) is 29.1 Å². The lowest BCUT2D eigenvalue weighted by molar-refractivity contribution is -0.151. The summed E-state index contributed by atoms with van der Waals surface area (Å²) in [4.78, 5) is 15.5. The van der Waals surface area contributed by atoms with Gasteiger partial charge in [-0.15, -0.1) is 0 Å².